The second-order valence-electron chi connectivity index (χ2n) is 9.15. The van der Waals surface area contributed by atoms with Gasteiger partial charge in [0.15, 0.2) is 0 Å². The van der Waals surface area contributed by atoms with Gasteiger partial charge in [0, 0.05) is 33.4 Å². The summed E-state index contributed by atoms with van der Waals surface area (Å²) in [6.07, 6.45) is 5.24. The van der Waals surface area contributed by atoms with Crippen molar-refractivity contribution in [2.24, 2.45) is 0 Å². The van der Waals surface area contributed by atoms with Crippen molar-refractivity contribution in [3.8, 4) is 5.75 Å². The number of aromatic nitrogens is 1. The van der Waals surface area contributed by atoms with Crippen molar-refractivity contribution in [2.75, 3.05) is 11.1 Å². The third kappa shape index (κ3) is 4.36. The van der Waals surface area contributed by atoms with E-state index in [4.69, 9.17) is 22.1 Å². The van der Waals surface area contributed by atoms with Crippen molar-refractivity contribution in [3.05, 3.63) is 113 Å². The molecule has 3 N–H and O–H groups in total. The maximum atomic E-state index is 6.25. The Bertz CT molecular complexity index is 1620. The number of hydrogen-bond donors (Lipinski definition) is 2. The normalized spacial score (nSPS) is 13.0. The zero-order chi connectivity index (χ0) is 24.5. The van der Waals surface area contributed by atoms with Crippen LogP contribution in [0.15, 0.2) is 96.7 Å². The standard InChI is InChI=1S/C31H26ClN3O/c32-23-11-13-26-22(15-16-34-30(26)18-23)19-36-24-12-14-25-21(17-24)7-4-8-27(25)31(20-5-3-6-20)35-29-10-2-1-9-28(29)33/h1-2,4,7-18,35H,3,5-6,19,33H2. The molecule has 1 aliphatic rings. The highest BCUT2D eigenvalue weighted by molar-refractivity contribution is 6.31. The summed E-state index contributed by atoms with van der Waals surface area (Å²) >= 11 is 6.13. The predicted octanol–water partition coefficient (Wildman–Crippen LogP) is 8.21. The first-order valence-electron chi connectivity index (χ1n) is 12.2. The second-order valence-corrected chi connectivity index (χ2v) is 9.59. The van der Waals surface area contributed by atoms with E-state index in [-0.39, 0.29) is 0 Å². The van der Waals surface area contributed by atoms with E-state index in [9.17, 15) is 0 Å². The molecule has 4 nitrogen and oxygen atoms in total. The summed E-state index contributed by atoms with van der Waals surface area (Å²) < 4.78 is 6.23. The molecule has 5 aromatic rings. The molecule has 1 aromatic heterocycles. The second kappa shape index (κ2) is 9.56. The van der Waals surface area contributed by atoms with Crippen LogP contribution in [0.4, 0.5) is 11.4 Å². The Morgan fingerprint density at radius 1 is 0.917 bits per heavy atom. The number of pyridine rings is 1. The molecule has 1 heterocycles. The van der Waals surface area contributed by atoms with Crippen LogP contribution in [-0.2, 0) is 6.61 Å². The van der Waals surface area contributed by atoms with Crippen LogP contribution >= 0.6 is 11.6 Å². The van der Waals surface area contributed by atoms with E-state index in [1.807, 2.05) is 54.6 Å². The molecule has 0 atom stereocenters. The maximum absolute atomic E-state index is 6.25. The smallest absolute Gasteiger partial charge is 0.120 e. The van der Waals surface area contributed by atoms with E-state index in [2.05, 4.69) is 40.6 Å². The van der Waals surface area contributed by atoms with E-state index in [1.54, 1.807) is 6.20 Å². The number of nitrogens with zero attached hydrogens (tertiary/aromatic N) is 1. The van der Waals surface area contributed by atoms with Crippen LogP contribution in [0.3, 0.4) is 0 Å². The number of nitrogens with two attached hydrogens (primary N) is 1. The molecule has 1 fully saturated rings. The minimum atomic E-state index is 0.454. The fourth-order valence-electron chi connectivity index (χ4n) is 4.73. The van der Waals surface area contributed by atoms with E-state index in [0.717, 1.165) is 51.8 Å². The number of rotatable bonds is 6. The van der Waals surface area contributed by atoms with Crippen LogP contribution in [0, 0.1) is 0 Å². The summed E-state index contributed by atoms with van der Waals surface area (Å²) in [7, 11) is 0. The van der Waals surface area contributed by atoms with Gasteiger partial charge in [-0.3, -0.25) is 4.98 Å². The van der Waals surface area contributed by atoms with E-state index in [0.29, 0.717) is 11.6 Å². The zero-order valence-electron chi connectivity index (χ0n) is 19.8. The molecule has 1 saturated carbocycles. The molecule has 36 heavy (non-hydrogen) atoms. The fraction of sp³-hybridized carbons (Fsp3) is 0.129. The molecule has 0 spiro atoms. The lowest BCUT2D eigenvalue weighted by Crippen LogP contribution is -2.10. The summed E-state index contributed by atoms with van der Waals surface area (Å²) in [6.45, 7) is 0.454. The first-order valence-corrected chi connectivity index (χ1v) is 12.6. The van der Waals surface area contributed by atoms with Crippen LogP contribution in [0.1, 0.15) is 30.4 Å². The molecule has 0 saturated heterocycles. The number of ether oxygens (including phenoxy) is 1. The zero-order valence-corrected chi connectivity index (χ0v) is 20.6. The van der Waals surface area contributed by atoms with Crippen LogP contribution in [0.2, 0.25) is 5.02 Å². The summed E-state index contributed by atoms with van der Waals surface area (Å²) in [5.41, 5.74) is 13.7. The minimum Gasteiger partial charge on any atom is -0.489 e. The maximum Gasteiger partial charge on any atom is 0.120 e. The quantitative estimate of drug-likeness (QED) is 0.235. The molecule has 6 rings (SSSR count). The van der Waals surface area contributed by atoms with E-state index >= 15 is 0 Å². The summed E-state index contributed by atoms with van der Waals surface area (Å²) in [6, 6.07) is 28.4. The van der Waals surface area contributed by atoms with Gasteiger partial charge in [0.2, 0.25) is 0 Å². The Labute approximate surface area is 215 Å². The Kier molecular flexibility index (Phi) is 5.96. The van der Waals surface area contributed by atoms with Crippen molar-refractivity contribution in [2.45, 2.75) is 25.9 Å². The predicted molar refractivity (Wildman–Crippen MR) is 150 cm³/mol. The topological polar surface area (TPSA) is 60.2 Å². The monoisotopic (exact) mass is 491 g/mol. The highest BCUT2D eigenvalue weighted by Gasteiger charge is 2.19. The van der Waals surface area contributed by atoms with Gasteiger partial charge >= 0.3 is 0 Å². The molecule has 178 valence electrons. The summed E-state index contributed by atoms with van der Waals surface area (Å²) in [5.74, 6) is 0.830. The summed E-state index contributed by atoms with van der Waals surface area (Å²) in [4.78, 5) is 4.43. The first-order chi connectivity index (χ1) is 17.7. The molecule has 0 bridgehead atoms. The number of nitrogen functional groups attached to an aromatic ring is 1. The highest BCUT2D eigenvalue weighted by Crippen LogP contribution is 2.38. The van der Waals surface area contributed by atoms with Gasteiger partial charge in [-0.25, -0.2) is 0 Å². The molecule has 0 aliphatic heterocycles. The van der Waals surface area contributed by atoms with Crippen LogP contribution in [-0.4, -0.2) is 4.98 Å². The van der Waals surface area contributed by atoms with Gasteiger partial charge < -0.3 is 15.8 Å². The Morgan fingerprint density at radius 3 is 2.61 bits per heavy atom. The molecule has 0 radical (unpaired) electrons. The number of halogens is 1. The molecule has 0 amide bonds. The Morgan fingerprint density at radius 2 is 1.78 bits per heavy atom. The van der Waals surface area contributed by atoms with Crippen molar-refractivity contribution in [1.29, 1.82) is 0 Å². The number of anilines is 2. The number of allylic oxidation sites excluding steroid dienone is 1. The average Bonchev–Trinajstić information content (AvgIpc) is 2.86. The molecular formula is C31H26ClN3O. The fourth-order valence-corrected chi connectivity index (χ4v) is 4.90. The Balaban J connectivity index is 1.31. The van der Waals surface area contributed by atoms with Crippen LogP contribution < -0.4 is 15.8 Å². The van der Waals surface area contributed by atoms with Gasteiger partial charge in [-0.1, -0.05) is 54.1 Å². The van der Waals surface area contributed by atoms with Crippen LogP contribution in [0.5, 0.6) is 5.75 Å². The number of para-hydroxylation sites is 2. The van der Waals surface area contributed by atoms with Crippen molar-refractivity contribution in [3.63, 3.8) is 0 Å². The Hall–Kier alpha value is -4.02. The number of nitrogens with one attached hydrogen (secondary N) is 1. The highest BCUT2D eigenvalue weighted by atomic mass is 35.5. The summed E-state index contributed by atoms with van der Waals surface area (Å²) in [5, 5.41) is 7.70. The van der Waals surface area contributed by atoms with Gasteiger partial charge in [-0.2, -0.15) is 0 Å². The van der Waals surface area contributed by atoms with Gasteiger partial charge in [-0.15, -0.1) is 0 Å². The van der Waals surface area contributed by atoms with E-state index < -0.39 is 0 Å². The number of hydrogen-bond acceptors (Lipinski definition) is 4. The lowest BCUT2D eigenvalue weighted by Gasteiger charge is -2.25. The molecule has 4 aromatic carbocycles. The average molecular weight is 492 g/mol. The SMILES string of the molecule is Nc1ccccc1NC(=C1CCC1)c1cccc2cc(OCc3ccnc4cc(Cl)ccc34)ccc12. The van der Waals surface area contributed by atoms with Gasteiger partial charge in [0.25, 0.3) is 0 Å². The van der Waals surface area contributed by atoms with Gasteiger partial charge in [0.05, 0.1) is 16.9 Å². The molecule has 0 unspecified atom stereocenters. The van der Waals surface area contributed by atoms with Crippen molar-refractivity contribution < 1.29 is 4.74 Å². The van der Waals surface area contributed by atoms with E-state index in [1.165, 1.54) is 28.6 Å². The van der Waals surface area contributed by atoms with Crippen molar-refractivity contribution in [1.82, 2.24) is 4.98 Å². The first kappa shape index (κ1) is 22.4. The lowest BCUT2D eigenvalue weighted by molar-refractivity contribution is 0.308. The molecular weight excluding hydrogens is 466 g/mol. The van der Waals surface area contributed by atoms with Gasteiger partial charge in [0.1, 0.15) is 12.4 Å². The number of benzene rings is 4. The number of fused-ring (bicyclic) bond motifs is 2. The minimum absolute atomic E-state index is 0.454. The van der Waals surface area contributed by atoms with Crippen molar-refractivity contribution >= 4 is 50.3 Å². The third-order valence-corrected chi connectivity index (χ3v) is 7.08. The van der Waals surface area contributed by atoms with Crippen LogP contribution in [0.25, 0.3) is 27.4 Å². The third-order valence-electron chi connectivity index (χ3n) is 6.84. The molecule has 1 aliphatic carbocycles. The van der Waals surface area contributed by atoms with Gasteiger partial charge in [-0.05, 0) is 78.1 Å². The largest absolute Gasteiger partial charge is 0.489 e. The molecule has 5 heteroatoms. The lowest BCUT2D eigenvalue weighted by atomic mass is 9.87.